The molecule has 0 bridgehead atoms. The van der Waals surface area contributed by atoms with Crippen LogP contribution in [0.4, 0.5) is 4.39 Å². The predicted molar refractivity (Wildman–Crippen MR) is 67.4 cm³/mol. The molecule has 2 rings (SSSR count). The smallest absolute Gasteiger partial charge is 0.165 e. The van der Waals surface area contributed by atoms with Gasteiger partial charge >= 0.3 is 0 Å². The van der Waals surface area contributed by atoms with Gasteiger partial charge in [0.15, 0.2) is 11.6 Å². The molecule has 17 heavy (non-hydrogen) atoms. The first-order chi connectivity index (χ1) is 8.15. The maximum Gasteiger partial charge on any atom is 0.165 e. The van der Waals surface area contributed by atoms with E-state index in [1.807, 2.05) is 13.0 Å². The summed E-state index contributed by atoms with van der Waals surface area (Å²) in [5.74, 6) is -0.130. The van der Waals surface area contributed by atoms with Gasteiger partial charge in [-0.1, -0.05) is 15.9 Å². The molecule has 2 nitrogen and oxygen atoms in total. The molecule has 0 saturated carbocycles. The van der Waals surface area contributed by atoms with Gasteiger partial charge in [-0.05, 0) is 36.8 Å². The van der Waals surface area contributed by atoms with E-state index in [2.05, 4.69) is 20.9 Å². The van der Waals surface area contributed by atoms with Crippen LogP contribution in [-0.4, -0.2) is 4.98 Å². The van der Waals surface area contributed by atoms with Crippen molar-refractivity contribution >= 4 is 15.9 Å². The number of hydrogen-bond acceptors (Lipinski definition) is 2. The molecule has 0 aliphatic rings. The lowest BCUT2D eigenvalue weighted by molar-refractivity contribution is 0.289. The fraction of sp³-hybridized carbons (Fsp3) is 0.154. The summed E-state index contributed by atoms with van der Waals surface area (Å²) in [5.41, 5.74) is 1.98. The summed E-state index contributed by atoms with van der Waals surface area (Å²) in [6, 6.07) is 6.58. The Labute approximate surface area is 108 Å². The molecular formula is C13H11BrFNO. The summed E-state index contributed by atoms with van der Waals surface area (Å²) >= 11 is 3.28. The van der Waals surface area contributed by atoms with E-state index in [-0.39, 0.29) is 11.6 Å². The van der Waals surface area contributed by atoms with Crippen molar-refractivity contribution in [1.29, 1.82) is 0 Å². The van der Waals surface area contributed by atoms with E-state index >= 15 is 0 Å². The fourth-order valence-corrected chi connectivity index (χ4v) is 1.79. The third-order valence-corrected chi connectivity index (χ3v) is 2.71. The van der Waals surface area contributed by atoms with Gasteiger partial charge in [-0.3, -0.25) is 4.98 Å². The quantitative estimate of drug-likeness (QED) is 0.857. The van der Waals surface area contributed by atoms with Gasteiger partial charge in [0, 0.05) is 22.4 Å². The monoisotopic (exact) mass is 295 g/mol. The summed E-state index contributed by atoms with van der Waals surface area (Å²) in [7, 11) is 0. The predicted octanol–water partition coefficient (Wildman–Crippen LogP) is 3.87. The molecule has 2 aromatic rings. The molecular weight excluding hydrogens is 285 g/mol. The molecule has 0 saturated heterocycles. The second kappa shape index (κ2) is 5.27. The number of benzene rings is 1. The van der Waals surface area contributed by atoms with Gasteiger partial charge in [-0.2, -0.15) is 0 Å². The van der Waals surface area contributed by atoms with Crippen molar-refractivity contribution in [1.82, 2.24) is 4.98 Å². The zero-order chi connectivity index (χ0) is 12.3. The number of nitrogens with zero attached hydrogens (tertiary/aromatic N) is 1. The third-order valence-electron chi connectivity index (χ3n) is 2.22. The van der Waals surface area contributed by atoms with Crippen LogP contribution >= 0.6 is 15.9 Å². The standard InChI is InChI=1S/C13H11BrFNO/c1-9-4-10(7-16-6-9)8-17-13-5-11(14)2-3-12(13)15/h2-7H,8H2,1H3. The van der Waals surface area contributed by atoms with Crippen LogP contribution in [0.3, 0.4) is 0 Å². The van der Waals surface area contributed by atoms with Crippen LogP contribution in [-0.2, 0) is 6.61 Å². The van der Waals surface area contributed by atoms with Crippen LogP contribution in [0.5, 0.6) is 5.75 Å². The number of pyridine rings is 1. The minimum absolute atomic E-state index is 0.237. The molecule has 1 aromatic heterocycles. The van der Waals surface area contributed by atoms with Gasteiger partial charge in [-0.15, -0.1) is 0 Å². The largest absolute Gasteiger partial charge is 0.486 e. The Morgan fingerprint density at radius 1 is 1.29 bits per heavy atom. The normalized spacial score (nSPS) is 10.3. The third kappa shape index (κ3) is 3.27. The van der Waals surface area contributed by atoms with Crippen LogP contribution < -0.4 is 4.74 Å². The van der Waals surface area contributed by atoms with E-state index in [1.54, 1.807) is 24.5 Å². The average Bonchev–Trinajstić information content (AvgIpc) is 2.30. The molecule has 0 spiro atoms. The lowest BCUT2D eigenvalue weighted by Crippen LogP contribution is -1.98. The van der Waals surface area contributed by atoms with Crippen molar-refractivity contribution < 1.29 is 9.13 Å². The van der Waals surface area contributed by atoms with Crippen LogP contribution in [0.15, 0.2) is 41.1 Å². The number of ether oxygens (including phenoxy) is 1. The summed E-state index contributed by atoms with van der Waals surface area (Å²) in [6.07, 6.45) is 3.48. The number of halogens is 2. The van der Waals surface area contributed by atoms with E-state index in [4.69, 9.17) is 4.74 Å². The zero-order valence-electron chi connectivity index (χ0n) is 9.28. The van der Waals surface area contributed by atoms with E-state index in [9.17, 15) is 4.39 Å². The highest BCUT2D eigenvalue weighted by molar-refractivity contribution is 9.10. The number of aryl methyl sites for hydroxylation is 1. The van der Waals surface area contributed by atoms with Crippen molar-refractivity contribution in [3.05, 3.63) is 58.1 Å². The Morgan fingerprint density at radius 2 is 2.12 bits per heavy atom. The van der Waals surface area contributed by atoms with Crippen molar-refractivity contribution in [3.8, 4) is 5.75 Å². The Hall–Kier alpha value is -1.42. The molecule has 0 radical (unpaired) electrons. The lowest BCUT2D eigenvalue weighted by atomic mass is 10.2. The molecule has 88 valence electrons. The Kier molecular flexibility index (Phi) is 3.74. The number of aromatic nitrogens is 1. The Balaban J connectivity index is 2.09. The van der Waals surface area contributed by atoms with E-state index in [0.717, 1.165) is 15.6 Å². The van der Waals surface area contributed by atoms with Crippen LogP contribution in [0.2, 0.25) is 0 Å². The highest BCUT2D eigenvalue weighted by atomic mass is 79.9. The summed E-state index contributed by atoms with van der Waals surface area (Å²) in [5, 5.41) is 0. The highest BCUT2D eigenvalue weighted by Crippen LogP contribution is 2.23. The molecule has 0 atom stereocenters. The summed E-state index contributed by atoms with van der Waals surface area (Å²) in [4.78, 5) is 4.05. The average molecular weight is 296 g/mol. The van der Waals surface area contributed by atoms with Gasteiger partial charge < -0.3 is 4.74 Å². The topological polar surface area (TPSA) is 22.1 Å². The molecule has 0 unspecified atom stereocenters. The summed E-state index contributed by atoms with van der Waals surface area (Å²) in [6.45, 7) is 2.26. The van der Waals surface area contributed by atoms with Gasteiger partial charge in [0.2, 0.25) is 0 Å². The Bertz CT molecular complexity index is 531. The molecule has 1 heterocycles. The minimum Gasteiger partial charge on any atom is -0.486 e. The molecule has 4 heteroatoms. The van der Waals surface area contributed by atoms with Crippen molar-refractivity contribution in [2.24, 2.45) is 0 Å². The van der Waals surface area contributed by atoms with Crippen LogP contribution in [0, 0.1) is 12.7 Å². The molecule has 0 N–H and O–H groups in total. The van der Waals surface area contributed by atoms with E-state index in [1.165, 1.54) is 6.07 Å². The van der Waals surface area contributed by atoms with Gasteiger partial charge in [0.1, 0.15) is 6.61 Å². The van der Waals surface area contributed by atoms with Crippen molar-refractivity contribution in [2.75, 3.05) is 0 Å². The maximum atomic E-state index is 13.4. The molecule has 0 amide bonds. The lowest BCUT2D eigenvalue weighted by Gasteiger charge is -2.07. The first-order valence-corrected chi connectivity index (χ1v) is 5.93. The first kappa shape index (κ1) is 12.0. The van der Waals surface area contributed by atoms with Crippen molar-refractivity contribution in [3.63, 3.8) is 0 Å². The van der Waals surface area contributed by atoms with Gasteiger partial charge in [0.25, 0.3) is 0 Å². The minimum atomic E-state index is -0.367. The van der Waals surface area contributed by atoms with Crippen molar-refractivity contribution in [2.45, 2.75) is 13.5 Å². The summed E-state index contributed by atoms with van der Waals surface area (Å²) < 4.78 is 19.6. The van der Waals surface area contributed by atoms with Crippen LogP contribution in [0.25, 0.3) is 0 Å². The zero-order valence-corrected chi connectivity index (χ0v) is 10.9. The molecule has 0 fully saturated rings. The second-order valence-corrected chi connectivity index (χ2v) is 4.65. The van der Waals surface area contributed by atoms with Gasteiger partial charge in [0.05, 0.1) is 0 Å². The van der Waals surface area contributed by atoms with Gasteiger partial charge in [-0.25, -0.2) is 4.39 Å². The molecule has 0 aliphatic heterocycles. The van der Waals surface area contributed by atoms with Crippen LogP contribution in [0.1, 0.15) is 11.1 Å². The number of rotatable bonds is 3. The molecule has 1 aromatic carbocycles. The van der Waals surface area contributed by atoms with E-state index < -0.39 is 0 Å². The fourth-order valence-electron chi connectivity index (χ4n) is 1.45. The SMILES string of the molecule is Cc1cncc(COc2cc(Br)ccc2F)c1. The highest BCUT2D eigenvalue weighted by Gasteiger charge is 2.04. The number of hydrogen-bond donors (Lipinski definition) is 0. The first-order valence-electron chi connectivity index (χ1n) is 5.13. The Morgan fingerprint density at radius 3 is 2.88 bits per heavy atom. The maximum absolute atomic E-state index is 13.4. The second-order valence-electron chi connectivity index (χ2n) is 3.73. The molecule has 0 aliphatic carbocycles. The van der Waals surface area contributed by atoms with E-state index in [0.29, 0.717) is 6.61 Å².